The average molecular weight is 449 g/mol. The van der Waals surface area contributed by atoms with Crippen LogP contribution in [0.1, 0.15) is 66.6 Å². The largest absolute Gasteiger partial charge is 0.463 e. The van der Waals surface area contributed by atoms with Crippen LogP contribution >= 0.6 is 0 Å². The van der Waals surface area contributed by atoms with Gasteiger partial charge in [-0.05, 0) is 50.5 Å². The van der Waals surface area contributed by atoms with Crippen LogP contribution in [0.4, 0.5) is 0 Å². The number of esters is 1. The molecule has 1 aliphatic heterocycles. The molecule has 2 amide bonds. The highest BCUT2D eigenvalue weighted by Gasteiger charge is 2.36. The Bertz CT molecular complexity index is 1040. The lowest BCUT2D eigenvalue weighted by atomic mass is 9.83. The Balaban J connectivity index is 1.89. The normalized spacial score (nSPS) is 16.1. The van der Waals surface area contributed by atoms with Crippen molar-refractivity contribution >= 4 is 17.8 Å². The van der Waals surface area contributed by atoms with E-state index in [1.807, 2.05) is 50.2 Å². The molecule has 0 aromatic heterocycles. The number of nitrogens with zero attached hydrogens (tertiary/aromatic N) is 1. The fourth-order valence-electron chi connectivity index (χ4n) is 4.05. The lowest BCUT2D eigenvalue weighted by Crippen LogP contribution is -2.38. The molecule has 6 nitrogen and oxygen atoms in total. The molecule has 33 heavy (non-hydrogen) atoms. The standard InChI is InChI=1S/C27H32N2O4/c1-5-15-28-26(31)22-13-9-20(10-14-22)17-29-19(4)25(27(32)33-6-2)23(16-24(29)30)21-11-7-18(3)8-12-21/h7-14,23H,5-6,15-17H2,1-4H3,(H,28,31). The SMILES string of the molecule is CCCNC(=O)c1ccc(CN2C(=O)CC(c3ccc(C)cc3)C(C(=O)OCC)=C2C)cc1. The molecule has 0 bridgehead atoms. The van der Waals surface area contributed by atoms with Gasteiger partial charge in [-0.25, -0.2) is 4.79 Å². The van der Waals surface area contributed by atoms with Crippen molar-refractivity contribution in [2.45, 2.75) is 53.0 Å². The minimum absolute atomic E-state index is 0.0455. The Morgan fingerprint density at radius 2 is 1.70 bits per heavy atom. The smallest absolute Gasteiger partial charge is 0.336 e. The van der Waals surface area contributed by atoms with Crippen molar-refractivity contribution in [3.63, 3.8) is 0 Å². The average Bonchev–Trinajstić information content (AvgIpc) is 2.80. The summed E-state index contributed by atoms with van der Waals surface area (Å²) in [6.45, 7) is 8.81. The molecule has 1 heterocycles. The second-order valence-electron chi connectivity index (χ2n) is 8.32. The van der Waals surface area contributed by atoms with Gasteiger partial charge >= 0.3 is 5.97 Å². The van der Waals surface area contributed by atoms with Crippen molar-refractivity contribution in [2.75, 3.05) is 13.2 Å². The number of rotatable bonds is 8. The summed E-state index contributed by atoms with van der Waals surface area (Å²) < 4.78 is 5.36. The Morgan fingerprint density at radius 3 is 2.30 bits per heavy atom. The van der Waals surface area contributed by atoms with Gasteiger partial charge in [-0.15, -0.1) is 0 Å². The zero-order chi connectivity index (χ0) is 24.0. The molecule has 1 unspecified atom stereocenters. The highest BCUT2D eigenvalue weighted by molar-refractivity contribution is 5.96. The number of ether oxygens (including phenoxy) is 1. The highest BCUT2D eigenvalue weighted by Crippen LogP contribution is 2.37. The zero-order valence-corrected chi connectivity index (χ0v) is 19.8. The molecule has 2 aromatic rings. The van der Waals surface area contributed by atoms with Crippen molar-refractivity contribution in [3.05, 3.63) is 82.1 Å². The molecular formula is C27H32N2O4. The molecular weight excluding hydrogens is 416 g/mol. The number of hydrogen-bond acceptors (Lipinski definition) is 4. The van der Waals surface area contributed by atoms with Crippen molar-refractivity contribution in [2.24, 2.45) is 0 Å². The quantitative estimate of drug-likeness (QED) is 0.604. The Labute approximate surface area is 195 Å². The fraction of sp³-hybridized carbons (Fsp3) is 0.370. The number of allylic oxidation sites excluding steroid dienone is 1. The maximum absolute atomic E-state index is 13.2. The zero-order valence-electron chi connectivity index (χ0n) is 19.8. The molecule has 2 aromatic carbocycles. The number of carbonyl (C=O) groups is 3. The summed E-state index contributed by atoms with van der Waals surface area (Å²) in [6, 6.07) is 15.1. The van der Waals surface area contributed by atoms with Crippen LogP contribution in [0.2, 0.25) is 0 Å². The third-order valence-corrected chi connectivity index (χ3v) is 5.89. The van der Waals surface area contributed by atoms with Crippen LogP contribution in [-0.2, 0) is 20.9 Å². The summed E-state index contributed by atoms with van der Waals surface area (Å²) in [5.41, 5.74) is 4.64. The van der Waals surface area contributed by atoms with Crippen molar-refractivity contribution in [1.29, 1.82) is 0 Å². The minimum Gasteiger partial charge on any atom is -0.463 e. The summed E-state index contributed by atoms with van der Waals surface area (Å²) >= 11 is 0. The Morgan fingerprint density at radius 1 is 1.03 bits per heavy atom. The van der Waals surface area contributed by atoms with Crippen molar-refractivity contribution in [1.82, 2.24) is 10.2 Å². The van der Waals surface area contributed by atoms with E-state index in [0.29, 0.717) is 29.9 Å². The van der Waals surface area contributed by atoms with Crippen LogP contribution in [-0.4, -0.2) is 35.8 Å². The van der Waals surface area contributed by atoms with E-state index in [4.69, 9.17) is 4.74 Å². The second kappa shape index (κ2) is 10.9. The number of hydrogen-bond donors (Lipinski definition) is 1. The van der Waals surface area contributed by atoms with E-state index in [1.165, 1.54) is 0 Å². The highest BCUT2D eigenvalue weighted by atomic mass is 16.5. The second-order valence-corrected chi connectivity index (χ2v) is 8.32. The number of amides is 2. The van der Waals surface area contributed by atoms with Crippen LogP contribution in [0.3, 0.4) is 0 Å². The van der Waals surface area contributed by atoms with E-state index in [0.717, 1.165) is 23.1 Å². The van der Waals surface area contributed by atoms with Crippen LogP contribution in [0, 0.1) is 6.92 Å². The molecule has 0 radical (unpaired) electrons. The van der Waals surface area contributed by atoms with Crippen molar-refractivity contribution in [3.8, 4) is 0 Å². The predicted molar refractivity (Wildman–Crippen MR) is 127 cm³/mol. The molecule has 0 saturated carbocycles. The van der Waals surface area contributed by atoms with E-state index < -0.39 is 0 Å². The fourth-order valence-corrected chi connectivity index (χ4v) is 4.05. The molecule has 0 aliphatic carbocycles. The molecule has 3 rings (SSSR count). The molecule has 6 heteroatoms. The summed E-state index contributed by atoms with van der Waals surface area (Å²) in [7, 11) is 0. The van der Waals surface area contributed by atoms with Gasteiger partial charge in [-0.1, -0.05) is 48.9 Å². The van der Waals surface area contributed by atoms with Gasteiger partial charge in [0.2, 0.25) is 5.91 Å². The first-order valence-corrected chi connectivity index (χ1v) is 11.5. The Hall–Kier alpha value is -3.41. The maximum atomic E-state index is 13.2. The van der Waals surface area contributed by atoms with Gasteiger partial charge in [0.25, 0.3) is 5.91 Å². The maximum Gasteiger partial charge on any atom is 0.336 e. The van der Waals surface area contributed by atoms with Gasteiger partial charge in [-0.3, -0.25) is 9.59 Å². The first-order chi connectivity index (χ1) is 15.8. The molecule has 174 valence electrons. The van der Waals surface area contributed by atoms with Gasteiger partial charge in [0.05, 0.1) is 18.7 Å². The van der Waals surface area contributed by atoms with Crippen LogP contribution in [0.5, 0.6) is 0 Å². The van der Waals surface area contributed by atoms with Gasteiger partial charge in [-0.2, -0.15) is 0 Å². The number of nitrogens with one attached hydrogen (secondary N) is 1. The van der Waals surface area contributed by atoms with Crippen LogP contribution in [0.15, 0.2) is 59.8 Å². The van der Waals surface area contributed by atoms with Gasteiger partial charge in [0.1, 0.15) is 0 Å². The summed E-state index contributed by atoms with van der Waals surface area (Å²) in [5, 5.41) is 2.86. The molecule has 1 N–H and O–H groups in total. The molecule has 1 aliphatic rings. The first kappa shape index (κ1) is 24.2. The van der Waals surface area contributed by atoms with Gasteiger partial charge < -0.3 is 15.0 Å². The topological polar surface area (TPSA) is 75.7 Å². The first-order valence-electron chi connectivity index (χ1n) is 11.5. The summed E-state index contributed by atoms with van der Waals surface area (Å²) in [5.74, 6) is -0.881. The lowest BCUT2D eigenvalue weighted by Gasteiger charge is -2.34. The van der Waals surface area contributed by atoms with E-state index in [9.17, 15) is 14.4 Å². The summed E-state index contributed by atoms with van der Waals surface area (Å²) in [4.78, 5) is 39.8. The Kier molecular flexibility index (Phi) is 8.04. The van der Waals surface area contributed by atoms with E-state index >= 15 is 0 Å². The monoisotopic (exact) mass is 448 g/mol. The van der Waals surface area contributed by atoms with Crippen LogP contribution in [0.25, 0.3) is 0 Å². The molecule has 1 atom stereocenters. The van der Waals surface area contributed by atoms with E-state index in [-0.39, 0.29) is 36.7 Å². The molecule has 0 saturated heterocycles. The van der Waals surface area contributed by atoms with Gasteiger partial charge in [0.15, 0.2) is 0 Å². The third-order valence-electron chi connectivity index (χ3n) is 5.89. The van der Waals surface area contributed by atoms with Gasteiger partial charge in [0, 0.05) is 30.1 Å². The van der Waals surface area contributed by atoms with E-state index in [2.05, 4.69) is 5.32 Å². The van der Waals surface area contributed by atoms with Crippen LogP contribution < -0.4 is 5.32 Å². The van der Waals surface area contributed by atoms with Crippen molar-refractivity contribution < 1.29 is 19.1 Å². The molecule has 0 spiro atoms. The number of carbonyl (C=O) groups excluding carboxylic acids is 3. The van der Waals surface area contributed by atoms with E-state index in [1.54, 1.807) is 30.9 Å². The molecule has 0 fully saturated rings. The number of benzene rings is 2. The number of aryl methyl sites for hydroxylation is 1. The third kappa shape index (κ3) is 5.69. The lowest BCUT2D eigenvalue weighted by molar-refractivity contribution is -0.140. The summed E-state index contributed by atoms with van der Waals surface area (Å²) in [6.07, 6.45) is 1.07. The minimum atomic E-state index is -0.388. The predicted octanol–water partition coefficient (Wildman–Crippen LogP) is 4.49.